The molecule has 4 heterocycles. The molecule has 0 aliphatic rings. The Morgan fingerprint density at radius 2 is 1.82 bits per heavy atom. The van der Waals surface area contributed by atoms with E-state index in [1.807, 2.05) is 73.9 Å². The maximum absolute atomic E-state index is 14.1. The minimum Gasteiger partial charge on any atom is -0.381 e. The number of nitrogen functional groups attached to an aromatic ring is 1. The van der Waals surface area contributed by atoms with Crippen LogP contribution in [-0.4, -0.2) is 39.8 Å². The monoisotopic (exact) mass is 531 g/mol. The number of nitrogens with two attached hydrogens (primary N) is 1. The zero-order valence-electron chi connectivity index (χ0n) is 21.8. The first kappa shape index (κ1) is 24.7. The number of hydrogen-bond acceptors (Lipinski definition) is 7. The smallest absolute Gasteiger partial charge is 0.266 e. The Morgan fingerprint density at radius 3 is 2.60 bits per heavy atom. The van der Waals surface area contributed by atoms with E-state index in [9.17, 15) is 9.59 Å². The number of carbonyl (C=O) groups excluding carboxylic acids is 1. The van der Waals surface area contributed by atoms with Gasteiger partial charge in [-0.25, -0.2) is 14.5 Å². The summed E-state index contributed by atoms with van der Waals surface area (Å²) in [5.41, 5.74) is 8.90. The van der Waals surface area contributed by atoms with Crippen LogP contribution >= 0.6 is 0 Å². The van der Waals surface area contributed by atoms with Gasteiger partial charge in [-0.05, 0) is 48.9 Å². The van der Waals surface area contributed by atoms with Gasteiger partial charge in [-0.15, -0.1) is 5.10 Å². The van der Waals surface area contributed by atoms with Crippen LogP contribution in [0, 0.1) is 0 Å². The van der Waals surface area contributed by atoms with Crippen molar-refractivity contribution < 1.29 is 4.79 Å². The molecule has 0 fully saturated rings. The lowest BCUT2D eigenvalue weighted by atomic mass is 10.1. The normalized spacial score (nSPS) is 12.3. The van der Waals surface area contributed by atoms with Crippen LogP contribution in [0.5, 0.6) is 0 Å². The number of aryl methyl sites for hydroxylation is 1. The number of nitrogens with one attached hydrogen (secondary N) is 1. The van der Waals surface area contributed by atoms with Crippen LogP contribution in [0.1, 0.15) is 40.4 Å². The number of para-hydroxylation sites is 1. The summed E-state index contributed by atoms with van der Waals surface area (Å²) < 4.78 is 4.69. The van der Waals surface area contributed by atoms with Crippen LogP contribution in [-0.2, 0) is 7.05 Å². The molecule has 1 atom stereocenters. The van der Waals surface area contributed by atoms with Gasteiger partial charge >= 0.3 is 0 Å². The first-order valence-electron chi connectivity index (χ1n) is 12.6. The molecule has 0 saturated heterocycles. The summed E-state index contributed by atoms with van der Waals surface area (Å²) in [6, 6.07) is 17.6. The van der Waals surface area contributed by atoms with Gasteiger partial charge in [0.15, 0.2) is 11.5 Å². The fraction of sp³-hybridized carbons (Fsp3) is 0.103. The molecule has 4 aromatic heterocycles. The van der Waals surface area contributed by atoms with E-state index < -0.39 is 11.9 Å². The molecule has 0 saturated carbocycles. The molecule has 3 N–H and O–H groups in total. The molecule has 6 rings (SSSR count). The summed E-state index contributed by atoms with van der Waals surface area (Å²) in [6.07, 6.45) is 8.79. The Hall–Kier alpha value is -5.58. The molecule has 0 spiro atoms. The Morgan fingerprint density at radius 1 is 1.00 bits per heavy atom. The minimum absolute atomic E-state index is 0.0552. The van der Waals surface area contributed by atoms with Crippen molar-refractivity contribution in [3.63, 3.8) is 0 Å². The topological polar surface area (TPSA) is 138 Å². The molecule has 1 amide bonds. The molecule has 198 valence electrons. The lowest BCUT2D eigenvalue weighted by Gasteiger charge is -2.20. The first-order valence-corrected chi connectivity index (χ1v) is 12.6. The van der Waals surface area contributed by atoms with Gasteiger partial charge in [0.25, 0.3) is 11.5 Å². The Bertz CT molecular complexity index is 1970. The predicted octanol–water partition coefficient (Wildman–Crippen LogP) is 3.41. The highest BCUT2D eigenvalue weighted by Gasteiger charge is 2.24. The van der Waals surface area contributed by atoms with E-state index in [1.54, 1.807) is 36.1 Å². The highest BCUT2D eigenvalue weighted by molar-refractivity contribution is 6.04. The van der Waals surface area contributed by atoms with Crippen LogP contribution in [0.15, 0.2) is 84.0 Å². The van der Waals surface area contributed by atoms with Gasteiger partial charge in [-0.3, -0.25) is 18.8 Å². The molecule has 0 aliphatic heterocycles. The number of nitrogens with zero attached hydrogens (tertiary/aromatic N) is 7. The maximum atomic E-state index is 14.1. The number of carbonyl (C=O) groups is 1. The number of fused-ring (bicyclic) bond motifs is 2. The van der Waals surface area contributed by atoms with E-state index in [-0.39, 0.29) is 16.9 Å². The number of anilines is 1. The largest absolute Gasteiger partial charge is 0.381 e. The lowest BCUT2D eigenvalue weighted by molar-refractivity contribution is 0.0940. The van der Waals surface area contributed by atoms with Gasteiger partial charge in [0.2, 0.25) is 0 Å². The summed E-state index contributed by atoms with van der Waals surface area (Å²) in [7, 11) is 1.85. The SMILES string of the molecule is C[C@@H](NC(=O)c1c(N)nn2cccnc12)c1nc2cccc(/C=C/c3ccn(C)n3)c2c(=O)n1-c1ccccc1. The molecule has 2 aromatic carbocycles. The van der Waals surface area contributed by atoms with Gasteiger partial charge in [-0.2, -0.15) is 5.10 Å². The molecule has 0 aliphatic carbocycles. The van der Waals surface area contributed by atoms with Crippen molar-refractivity contribution in [2.75, 3.05) is 5.73 Å². The van der Waals surface area contributed by atoms with Crippen molar-refractivity contribution >= 4 is 40.4 Å². The molecule has 6 aromatic rings. The van der Waals surface area contributed by atoms with Crippen LogP contribution in [0.4, 0.5) is 5.82 Å². The van der Waals surface area contributed by atoms with Gasteiger partial charge in [-0.1, -0.05) is 36.4 Å². The summed E-state index contributed by atoms with van der Waals surface area (Å²) in [5, 5.41) is 11.9. The summed E-state index contributed by atoms with van der Waals surface area (Å²) in [6.45, 7) is 1.77. The Balaban J connectivity index is 1.46. The summed E-state index contributed by atoms with van der Waals surface area (Å²) in [4.78, 5) is 36.7. The molecule has 0 radical (unpaired) electrons. The number of hydrogen-bond donors (Lipinski definition) is 2. The predicted molar refractivity (Wildman–Crippen MR) is 153 cm³/mol. The molecule has 11 heteroatoms. The van der Waals surface area contributed by atoms with Gasteiger partial charge in [0.05, 0.1) is 28.3 Å². The second-order valence-corrected chi connectivity index (χ2v) is 9.28. The van der Waals surface area contributed by atoms with Crippen molar-refractivity contribution in [2.24, 2.45) is 7.05 Å². The molecular formula is C29H25N9O2. The molecular weight excluding hydrogens is 506 g/mol. The summed E-state index contributed by atoms with van der Waals surface area (Å²) in [5.74, 6) is -0.0507. The molecule has 40 heavy (non-hydrogen) atoms. The van der Waals surface area contributed by atoms with Gasteiger partial charge in [0.1, 0.15) is 11.4 Å². The van der Waals surface area contributed by atoms with Crippen molar-refractivity contribution in [2.45, 2.75) is 13.0 Å². The average molecular weight is 532 g/mol. The van der Waals surface area contributed by atoms with Crippen molar-refractivity contribution in [1.29, 1.82) is 0 Å². The molecule has 0 unspecified atom stereocenters. The van der Waals surface area contributed by atoms with Crippen LogP contribution in [0.25, 0.3) is 34.4 Å². The standard InChI is InChI=1S/C29H25N9O2/c1-18(32-28(39)24-25(30)35-37-16-7-15-31-27(24)37)26-33-22-11-6-8-19(12-13-20-14-17-36(2)34-20)23(22)29(40)38(26)21-9-4-3-5-10-21/h3-18H,1-2H3,(H2,30,35)(H,32,39)/b13-12+/t18-/m1/s1. The number of rotatable bonds is 6. The number of amides is 1. The van der Waals surface area contributed by atoms with Crippen LogP contribution in [0.2, 0.25) is 0 Å². The fourth-order valence-corrected chi connectivity index (χ4v) is 4.68. The second-order valence-electron chi connectivity index (χ2n) is 9.28. The highest BCUT2D eigenvalue weighted by Crippen LogP contribution is 2.23. The number of aromatic nitrogens is 7. The van der Waals surface area contributed by atoms with E-state index in [0.29, 0.717) is 33.6 Å². The molecule has 11 nitrogen and oxygen atoms in total. The maximum Gasteiger partial charge on any atom is 0.266 e. The fourth-order valence-electron chi connectivity index (χ4n) is 4.68. The van der Waals surface area contributed by atoms with E-state index in [0.717, 1.165) is 5.69 Å². The second kappa shape index (κ2) is 9.95. The Labute approximate surface area is 228 Å². The van der Waals surface area contributed by atoms with Crippen molar-refractivity contribution in [3.05, 3.63) is 112 Å². The quantitative estimate of drug-likeness (QED) is 0.336. The van der Waals surface area contributed by atoms with Crippen LogP contribution in [0.3, 0.4) is 0 Å². The lowest BCUT2D eigenvalue weighted by Crippen LogP contribution is -2.33. The van der Waals surface area contributed by atoms with Crippen LogP contribution < -0.4 is 16.6 Å². The van der Waals surface area contributed by atoms with Gasteiger partial charge < -0.3 is 11.1 Å². The molecule has 0 bridgehead atoms. The zero-order valence-corrected chi connectivity index (χ0v) is 21.8. The zero-order chi connectivity index (χ0) is 27.8. The summed E-state index contributed by atoms with van der Waals surface area (Å²) >= 11 is 0. The van der Waals surface area contributed by atoms with E-state index in [2.05, 4.69) is 20.5 Å². The van der Waals surface area contributed by atoms with Crippen molar-refractivity contribution in [1.82, 2.24) is 39.2 Å². The highest BCUT2D eigenvalue weighted by atomic mass is 16.2. The first-order chi connectivity index (χ1) is 19.4. The third-order valence-corrected chi connectivity index (χ3v) is 6.52. The Kier molecular flexibility index (Phi) is 6.15. The third-order valence-electron chi connectivity index (χ3n) is 6.52. The van der Waals surface area contributed by atoms with E-state index >= 15 is 0 Å². The van der Waals surface area contributed by atoms with Crippen molar-refractivity contribution in [3.8, 4) is 5.69 Å². The van der Waals surface area contributed by atoms with E-state index in [4.69, 9.17) is 10.7 Å². The van der Waals surface area contributed by atoms with Gasteiger partial charge in [0, 0.05) is 25.6 Å². The number of benzene rings is 2. The van der Waals surface area contributed by atoms with E-state index in [1.165, 1.54) is 9.08 Å². The third kappa shape index (κ3) is 4.39. The minimum atomic E-state index is -0.671. The average Bonchev–Trinajstić information content (AvgIpc) is 3.53.